The molecule has 0 aromatic heterocycles. The molecule has 1 aliphatic rings. The minimum absolute atomic E-state index is 0.125. The number of fused-ring (bicyclic) bond motifs is 1. The first-order valence-corrected chi connectivity index (χ1v) is 7.64. The van der Waals surface area contributed by atoms with E-state index in [2.05, 4.69) is 0 Å². The maximum atomic E-state index is 12.9. The number of benzene rings is 2. The van der Waals surface area contributed by atoms with Crippen molar-refractivity contribution in [2.45, 2.75) is 18.6 Å². The van der Waals surface area contributed by atoms with Gasteiger partial charge in [-0.05, 0) is 35.7 Å². The van der Waals surface area contributed by atoms with E-state index >= 15 is 0 Å². The third kappa shape index (κ3) is 3.22. The molecule has 4 nitrogen and oxygen atoms in total. The second-order valence-electron chi connectivity index (χ2n) is 5.83. The maximum absolute atomic E-state index is 12.9. The highest BCUT2D eigenvalue weighted by Crippen LogP contribution is 2.33. The largest absolute Gasteiger partial charge is 0.416 e. The van der Waals surface area contributed by atoms with Crippen LogP contribution in [0.5, 0.6) is 0 Å². The minimum Gasteiger partial charge on any atom is -0.368 e. The fourth-order valence-corrected chi connectivity index (χ4v) is 3.09. The number of halogens is 3. The van der Waals surface area contributed by atoms with Crippen LogP contribution in [0.4, 0.5) is 13.2 Å². The first kappa shape index (κ1) is 17.0. The first-order chi connectivity index (χ1) is 11.8. The van der Waals surface area contributed by atoms with Crippen molar-refractivity contribution in [1.82, 2.24) is 4.90 Å². The monoisotopic (exact) mass is 348 g/mol. The predicted octanol–water partition coefficient (Wildman–Crippen LogP) is 2.93. The summed E-state index contributed by atoms with van der Waals surface area (Å²) in [4.78, 5) is 25.9. The Balaban J connectivity index is 1.99. The molecule has 130 valence electrons. The van der Waals surface area contributed by atoms with Crippen molar-refractivity contribution in [3.05, 3.63) is 70.8 Å². The van der Waals surface area contributed by atoms with E-state index in [9.17, 15) is 22.8 Å². The number of primary amides is 1. The Hall–Kier alpha value is -2.83. The summed E-state index contributed by atoms with van der Waals surface area (Å²) >= 11 is 0. The van der Waals surface area contributed by atoms with Gasteiger partial charge in [0.25, 0.3) is 5.91 Å². The van der Waals surface area contributed by atoms with Crippen LogP contribution in [0.25, 0.3) is 0 Å². The fourth-order valence-electron chi connectivity index (χ4n) is 3.09. The van der Waals surface area contributed by atoms with Gasteiger partial charge in [-0.25, -0.2) is 0 Å². The first-order valence-electron chi connectivity index (χ1n) is 7.64. The molecule has 0 saturated heterocycles. The van der Waals surface area contributed by atoms with Gasteiger partial charge in [-0.3, -0.25) is 9.59 Å². The Morgan fingerprint density at radius 2 is 1.80 bits per heavy atom. The third-order valence-corrected chi connectivity index (χ3v) is 4.25. The van der Waals surface area contributed by atoms with E-state index < -0.39 is 29.6 Å². The van der Waals surface area contributed by atoms with Crippen molar-refractivity contribution >= 4 is 11.8 Å². The van der Waals surface area contributed by atoms with Crippen molar-refractivity contribution in [2.75, 3.05) is 6.54 Å². The zero-order valence-corrected chi connectivity index (χ0v) is 13.1. The molecule has 0 radical (unpaired) electrons. The molecule has 1 aliphatic heterocycles. The van der Waals surface area contributed by atoms with Gasteiger partial charge in [0.15, 0.2) is 0 Å². The molecular formula is C18H15F3N2O2. The molecule has 1 unspecified atom stereocenters. The Morgan fingerprint density at radius 3 is 2.48 bits per heavy atom. The summed E-state index contributed by atoms with van der Waals surface area (Å²) < 4.78 is 38.6. The number of nitrogens with zero attached hydrogens (tertiary/aromatic N) is 1. The van der Waals surface area contributed by atoms with Gasteiger partial charge in [0.05, 0.1) is 5.56 Å². The van der Waals surface area contributed by atoms with Gasteiger partial charge >= 0.3 is 6.18 Å². The second kappa shape index (κ2) is 6.23. The maximum Gasteiger partial charge on any atom is 0.416 e. The summed E-state index contributed by atoms with van der Waals surface area (Å²) in [6, 6.07) is 10.3. The number of rotatable bonds is 2. The lowest BCUT2D eigenvalue weighted by molar-refractivity contribution is -0.137. The molecule has 25 heavy (non-hydrogen) atoms. The predicted molar refractivity (Wildman–Crippen MR) is 84.6 cm³/mol. The lowest BCUT2D eigenvalue weighted by Crippen LogP contribution is -2.45. The highest BCUT2D eigenvalue weighted by Gasteiger charge is 2.36. The van der Waals surface area contributed by atoms with Crippen LogP contribution in [0.1, 0.15) is 33.1 Å². The minimum atomic E-state index is -4.55. The van der Waals surface area contributed by atoms with Crippen molar-refractivity contribution in [1.29, 1.82) is 0 Å². The summed E-state index contributed by atoms with van der Waals surface area (Å²) in [5, 5.41) is 0. The lowest BCUT2D eigenvalue weighted by Gasteiger charge is -2.35. The van der Waals surface area contributed by atoms with Crippen LogP contribution in [0, 0.1) is 0 Å². The van der Waals surface area contributed by atoms with Crippen LogP contribution in [0.3, 0.4) is 0 Å². The number of hydrogen-bond donors (Lipinski definition) is 1. The van der Waals surface area contributed by atoms with Crippen LogP contribution in [0.15, 0.2) is 48.5 Å². The van der Waals surface area contributed by atoms with E-state index in [1.165, 1.54) is 17.0 Å². The Labute approximate surface area is 142 Å². The van der Waals surface area contributed by atoms with Crippen molar-refractivity contribution < 1.29 is 22.8 Å². The summed E-state index contributed by atoms with van der Waals surface area (Å²) in [6.07, 6.45) is -4.04. The number of carbonyl (C=O) groups excluding carboxylic acids is 2. The molecule has 1 heterocycles. The van der Waals surface area contributed by atoms with Crippen molar-refractivity contribution in [2.24, 2.45) is 5.73 Å². The van der Waals surface area contributed by atoms with Gasteiger partial charge in [0.2, 0.25) is 5.91 Å². The number of nitrogens with two attached hydrogens (primary N) is 1. The van der Waals surface area contributed by atoms with Crippen LogP contribution in [-0.2, 0) is 17.4 Å². The molecule has 7 heteroatoms. The smallest absolute Gasteiger partial charge is 0.368 e. The zero-order valence-electron chi connectivity index (χ0n) is 13.1. The van der Waals surface area contributed by atoms with Gasteiger partial charge in [-0.2, -0.15) is 13.2 Å². The molecular weight excluding hydrogens is 333 g/mol. The van der Waals surface area contributed by atoms with E-state index in [4.69, 9.17) is 5.73 Å². The van der Waals surface area contributed by atoms with Crippen LogP contribution in [0.2, 0.25) is 0 Å². The number of carbonyl (C=O) groups is 2. The van der Waals surface area contributed by atoms with Gasteiger partial charge in [0.1, 0.15) is 6.04 Å². The van der Waals surface area contributed by atoms with Crippen molar-refractivity contribution in [3.8, 4) is 0 Å². The zero-order chi connectivity index (χ0) is 18.2. The average Bonchev–Trinajstić information content (AvgIpc) is 2.59. The topological polar surface area (TPSA) is 63.4 Å². The Kier molecular flexibility index (Phi) is 4.24. The molecule has 2 N–H and O–H groups in total. The second-order valence-corrected chi connectivity index (χ2v) is 5.83. The van der Waals surface area contributed by atoms with Crippen molar-refractivity contribution in [3.63, 3.8) is 0 Å². The molecule has 0 aliphatic carbocycles. The van der Waals surface area contributed by atoms with E-state index in [-0.39, 0.29) is 12.1 Å². The molecule has 3 rings (SSSR count). The van der Waals surface area contributed by atoms with Crippen LogP contribution < -0.4 is 5.73 Å². The highest BCUT2D eigenvalue weighted by molar-refractivity contribution is 5.98. The standard InChI is InChI=1S/C18H15F3N2O2/c19-18(20,21)13-6-3-5-12(10-13)17(25)23-9-8-11-4-1-2-7-14(11)15(23)16(22)24/h1-7,10,15H,8-9H2,(H2,22,24). The van der Waals surface area contributed by atoms with E-state index in [0.29, 0.717) is 12.0 Å². The number of alkyl halides is 3. The SMILES string of the molecule is NC(=O)C1c2ccccc2CCN1C(=O)c1cccc(C(F)(F)F)c1. The summed E-state index contributed by atoms with van der Waals surface area (Å²) in [7, 11) is 0. The molecule has 0 bridgehead atoms. The summed E-state index contributed by atoms with van der Waals surface area (Å²) in [5.41, 5.74) is 5.95. The fraction of sp³-hybridized carbons (Fsp3) is 0.222. The van der Waals surface area contributed by atoms with Gasteiger partial charge < -0.3 is 10.6 Å². The highest BCUT2D eigenvalue weighted by atomic mass is 19.4. The molecule has 2 aromatic rings. The van der Waals surface area contributed by atoms with Gasteiger partial charge in [-0.15, -0.1) is 0 Å². The van der Waals surface area contributed by atoms with E-state index in [1.807, 2.05) is 12.1 Å². The van der Waals surface area contributed by atoms with Gasteiger partial charge in [0, 0.05) is 12.1 Å². The van der Waals surface area contributed by atoms with Crippen LogP contribution in [-0.4, -0.2) is 23.3 Å². The lowest BCUT2D eigenvalue weighted by atomic mass is 9.91. The van der Waals surface area contributed by atoms with E-state index in [1.54, 1.807) is 12.1 Å². The molecule has 0 fully saturated rings. The Morgan fingerprint density at radius 1 is 1.08 bits per heavy atom. The van der Waals surface area contributed by atoms with Gasteiger partial charge in [-0.1, -0.05) is 30.3 Å². The molecule has 0 spiro atoms. The normalized spacial score (nSPS) is 17.1. The number of hydrogen-bond acceptors (Lipinski definition) is 2. The van der Waals surface area contributed by atoms with E-state index in [0.717, 1.165) is 17.7 Å². The Bertz CT molecular complexity index is 833. The summed E-state index contributed by atoms with van der Waals surface area (Å²) in [5.74, 6) is -1.36. The average molecular weight is 348 g/mol. The molecule has 2 amide bonds. The molecule has 1 atom stereocenters. The molecule has 2 aromatic carbocycles. The summed E-state index contributed by atoms with van der Waals surface area (Å²) in [6.45, 7) is 0.208. The quantitative estimate of drug-likeness (QED) is 0.907. The number of amides is 2. The molecule has 0 saturated carbocycles. The third-order valence-electron chi connectivity index (χ3n) is 4.25. The van der Waals surface area contributed by atoms with Crippen LogP contribution >= 0.6 is 0 Å².